The summed E-state index contributed by atoms with van der Waals surface area (Å²) in [6.45, 7) is 8.68. The molecule has 1 aromatic heterocycles. The van der Waals surface area contributed by atoms with Crippen molar-refractivity contribution in [2.75, 3.05) is 0 Å². The monoisotopic (exact) mass is 394 g/mol. The Labute approximate surface area is 158 Å². The molecule has 2 nitrogen and oxygen atoms in total. The maximum Gasteiger partial charge on any atom is 0.0664 e. The van der Waals surface area contributed by atoms with Gasteiger partial charge in [-0.25, -0.2) is 0 Å². The lowest BCUT2D eigenvalue weighted by molar-refractivity contribution is 0.867. The molecule has 3 heteroatoms. The van der Waals surface area contributed by atoms with Crippen LogP contribution in [0.1, 0.15) is 42.3 Å². The van der Waals surface area contributed by atoms with Gasteiger partial charge >= 0.3 is 0 Å². The minimum Gasteiger partial charge on any atom is -0.318 e. The number of halogens is 1. The Hall–Kier alpha value is -2.13. The van der Waals surface area contributed by atoms with Gasteiger partial charge in [-0.15, -0.1) is 0 Å². The van der Waals surface area contributed by atoms with Gasteiger partial charge in [0.25, 0.3) is 0 Å². The summed E-state index contributed by atoms with van der Waals surface area (Å²) in [5.41, 5.74) is 7.05. The van der Waals surface area contributed by atoms with E-state index in [1.54, 1.807) is 0 Å². The average Bonchev–Trinajstić information content (AvgIpc) is 2.88. The van der Waals surface area contributed by atoms with Crippen LogP contribution >= 0.6 is 15.9 Å². The summed E-state index contributed by atoms with van der Waals surface area (Å²) >= 11 is 3.50. The fraction of sp³-hybridized carbons (Fsp3) is 0.227. The molecule has 0 radical (unpaired) electrons. The van der Waals surface area contributed by atoms with Crippen LogP contribution in [0.4, 0.5) is 5.69 Å². The second-order valence-corrected chi connectivity index (χ2v) is 7.53. The van der Waals surface area contributed by atoms with Crippen LogP contribution in [0.15, 0.2) is 64.1 Å². The highest BCUT2D eigenvalue weighted by Gasteiger charge is 2.10. The first-order chi connectivity index (χ1) is 12.0. The van der Waals surface area contributed by atoms with Crippen LogP contribution in [0.3, 0.4) is 0 Å². The van der Waals surface area contributed by atoms with E-state index in [0.717, 1.165) is 15.7 Å². The molecule has 2 aromatic carbocycles. The highest BCUT2D eigenvalue weighted by atomic mass is 79.9. The standard InChI is InChI=1S/C22H23BrN2/c1-15(2)21-7-5-6-8-22(21)24-14-18-13-16(3)25(17(18)4)20-11-9-19(23)10-12-20/h5-15H,1-4H3. The van der Waals surface area contributed by atoms with E-state index in [-0.39, 0.29) is 0 Å². The zero-order valence-electron chi connectivity index (χ0n) is 15.1. The highest BCUT2D eigenvalue weighted by molar-refractivity contribution is 9.10. The number of aliphatic imine (C=N–C) groups is 1. The zero-order chi connectivity index (χ0) is 18.0. The van der Waals surface area contributed by atoms with Crippen molar-refractivity contribution in [1.29, 1.82) is 0 Å². The average molecular weight is 395 g/mol. The Bertz CT molecular complexity index is 902. The number of nitrogens with zero attached hydrogens (tertiary/aromatic N) is 2. The van der Waals surface area contributed by atoms with E-state index in [1.807, 2.05) is 12.3 Å². The Morgan fingerprint density at radius 3 is 2.36 bits per heavy atom. The van der Waals surface area contributed by atoms with Crippen LogP contribution in [0.2, 0.25) is 0 Å². The van der Waals surface area contributed by atoms with E-state index in [1.165, 1.54) is 22.6 Å². The van der Waals surface area contributed by atoms with Gasteiger partial charge in [0.05, 0.1) is 5.69 Å². The lowest BCUT2D eigenvalue weighted by Crippen LogP contribution is -1.99. The Morgan fingerprint density at radius 2 is 1.68 bits per heavy atom. The number of aryl methyl sites for hydroxylation is 1. The third kappa shape index (κ3) is 3.77. The Balaban J connectivity index is 1.98. The van der Waals surface area contributed by atoms with Crippen molar-refractivity contribution in [2.45, 2.75) is 33.6 Å². The van der Waals surface area contributed by atoms with Crippen molar-refractivity contribution in [1.82, 2.24) is 4.57 Å². The topological polar surface area (TPSA) is 17.3 Å². The number of benzene rings is 2. The van der Waals surface area contributed by atoms with Crippen molar-refractivity contribution < 1.29 is 0 Å². The molecule has 0 saturated heterocycles. The molecule has 0 atom stereocenters. The molecular weight excluding hydrogens is 372 g/mol. The van der Waals surface area contributed by atoms with Gasteiger partial charge in [0.1, 0.15) is 0 Å². The van der Waals surface area contributed by atoms with Gasteiger partial charge in [-0.3, -0.25) is 4.99 Å². The first kappa shape index (κ1) is 17.7. The van der Waals surface area contributed by atoms with Crippen molar-refractivity contribution in [3.63, 3.8) is 0 Å². The molecule has 0 bridgehead atoms. The predicted molar refractivity (Wildman–Crippen MR) is 111 cm³/mol. The van der Waals surface area contributed by atoms with E-state index in [9.17, 15) is 0 Å². The molecule has 0 aliphatic heterocycles. The first-order valence-electron chi connectivity index (χ1n) is 8.55. The summed E-state index contributed by atoms with van der Waals surface area (Å²) in [4.78, 5) is 4.77. The quantitative estimate of drug-likeness (QED) is 0.436. The molecular formula is C22H23BrN2. The number of hydrogen-bond acceptors (Lipinski definition) is 1. The van der Waals surface area contributed by atoms with Gasteiger partial charge in [-0.05, 0) is 61.7 Å². The molecule has 0 amide bonds. The van der Waals surface area contributed by atoms with Gasteiger partial charge in [-0.1, -0.05) is 48.0 Å². The Kier molecular flexibility index (Phi) is 5.24. The number of aromatic nitrogens is 1. The summed E-state index contributed by atoms with van der Waals surface area (Å²) in [5, 5.41) is 0. The first-order valence-corrected chi connectivity index (χ1v) is 9.34. The molecule has 128 valence electrons. The number of para-hydroxylation sites is 1. The van der Waals surface area contributed by atoms with Crippen LogP contribution in [0.5, 0.6) is 0 Å². The molecule has 1 heterocycles. The van der Waals surface area contributed by atoms with Gasteiger partial charge in [0, 0.05) is 33.3 Å². The zero-order valence-corrected chi connectivity index (χ0v) is 16.7. The molecule has 0 N–H and O–H groups in total. The minimum absolute atomic E-state index is 0.462. The summed E-state index contributed by atoms with van der Waals surface area (Å²) < 4.78 is 3.35. The van der Waals surface area contributed by atoms with Crippen LogP contribution in [-0.4, -0.2) is 10.8 Å². The van der Waals surface area contributed by atoms with Crippen LogP contribution in [0, 0.1) is 13.8 Å². The van der Waals surface area contributed by atoms with Crippen molar-refractivity contribution >= 4 is 27.8 Å². The molecule has 0 saturated carbocycles. The molecule has 0 aliphatic rings. The number of rotatable bonds is 4. The Morgan fingerprint density at radius 1 is 1.00 bits per heavy atom. The van der Waals surface area contributed by atoms with Gasteiger partial charge < -0.3 is 4.57 Å². The molecule has 0 aliphatic carbocycles. The summed E-state index contributed by atoms with van der Waals surface area (Å²) in [7, 11) is 0. The van der Waals surface area contributed by atoms with Crippen molar-refractivity contribution in [3.8, 4) is 5.69 Å². The normalized spacial score (nSPS) is 11.6. The summed E-state index contributed by atoms with van der Waals surface area (Å²) in [6, 6.07) is 18.9. The van der Waals surface area contributed by atoms with Gasteiger partial charge in [-0.2, -0.15) is 0 Å². The lowest BCUT2D eigenvalue weighted by atomic mass is 10.0. The minimum atomic E-state index is 0.462. The van der Waals surface area contributed by atoms with Crippen LogP contribution < -0.4 is 0 Å². The van der Waals surface area contributed by atoms with E-state index in [4.69, 9.17) is 4.99 Å². The maximum atomic E-state index is 4.77. The molecule has 0 spiro atoms. The van der Waals surface area contributed by atoms with Crippen molar-refractivity contribution in [3.05, 3.63) is 81.6 Å². The van der Waals surface area contributed by atoms with E-state index in [0.29, 0.717) is 5.92 Å². The van der Waals surface area contributed by atoms with Crippen molar-refractivity contribution in [2.24, 2.45) is 4.99 Å². The predicted octanol–water partition coefficient (Wildman–Crippen LogP) is 6.73. The molecule has 0 unspecified atom stereocenters. The molecule has 25 heavy (non-hydrogen) atoms. The van der Waals surface area contributed by atoms with Gasteiger partial charge in [0.2, 0.25) is 0 Å². The second-order valence-electron chi connectivity index (χ2n) is 6.61. The third-order valence-electron chi connectivity index (χ3n) is 4.46. The molecule has 3 aromatic rings. The summed E-state index contributed by atoms with van der Waals surface area (Å²) in [5.74, 6) is 0.462. The molecule has 0 fully saturated rings. The lowest BCUT2D eigenvalue weighted by Gasteiger charge is -2.10. The van der Waals surface area contributed by atoms with Gasteiger partial charge in [0.15, 0.2) is 0 Å². The number of hydrogen-bond donors (Lipinski definition) is 0. The van der Waals surface area contributed by atoms with Crippen LogP contribution in [-0.2, 0) is 0 Å². The fourth-order valence-corrected chi connectivity index (χ4v) is 3.40. The summed E-state index contributed by atoms with van der Waals surface area (Å²) in [6.07, 6.45) is 1.99. The smallest absolute Gasteiger partial charge is 0.0664 e. The third-order valence-corrected chi connectivity index (χ3v) is 4.99. The largest absolute Gasteiger partial charge is 0.318 e. The highest BCUT2D eigenvalue weighted by Crippen LogP contribution is 2.27. The molecule has 3 rings (SSSR count). The van der Waals surface area contributed by atoms with E-state index in [2.05, 4.69) is 96.7 Å². The fourth-order valence-electron chi connectivity index (χ4n) is 3.14. The maximum absolute atomic E-state index is 4.77. The van der Waals surface area contributed by atoms with E-state index >= 15 is 0 Å². The SMILES string of the molecule is Cc1cc(C=Nc2ccccc2C(C)C)c(C)n1-c1ccc(Br)cc1. The second kappa shape index (κ2) is 7.40. The van der Waals surface area contributed by atoms with Crippen LogP contribution in [0.25, 0.3) is 5.69 Å². The van der Waals surface area contributed by atoms with E-state index < -0.39 is 0 Å².